The van der Waals surface area contributed by atoms with Crippen molar-refractivity contribution in [2.45, 2.75) is 12.8 Å². The predicted molar refractivity (Wildman–Crippen MR) is 210 cm³/mol. The average molecular weight is 650 g/mol. The van der Waals surface area contributed by atoms with Gasteiger partial charge in [0.15, 0.2) is 5.76 Å². The van der Waals surface area contributed by atoms with Gasteiger partial charge in [-0.05, 0) is 72.2 Å². The van der Waals surface area contributed by atoms with Crippen molar-refractivity contribution in [3.63, 3.8) is 0 Å². The summed E-state index contributed by atoms with van der Waals surface area (Å²) < 4.78 is 11.5. The molecule has 0 aliphatic carbocycles. The van der Waals surface area contributed by atoms with Gasteiger partial charge in [0.05, 0.1) is 33.0 Å². The molecule has 236 valence electrons. The first-order valence-electron chi connectivity index (χ1n) is 17.5. The first-order valence-corrected chi connectivity index (χ1v) is 17.5. The van der Waals surface area contributed by atoms with Gasteiger partial charge in [-0.15, -0.1) is 0 Å². The molecule has 4 nitrogen and oxygen atoms in total. The van der Waals surface area contributed by atoms with E-state index in [9.17, 15) is 0 Å². The molecule has 4 heteroatoms. The number of aliphatic imine (C=N–C) groups is 1. The maximum Gasteiger partial charge on any atom is 0.157 e. The lowest BCUT2D eigenvalue weighted by Crippen LogP contribution is -2.10. The highest BCUT2D eigenvalue weighted by atomic mass is 16.3. The summed E-state index contributed by atoms with van der Waals surface area (Å²) in [5.74, 6) is 1.74. The van der Waals surface area contributed by atoms with Gasteiger partial charge in [-0.25, -0.2) is 4.99 Å². The second kappa shape index (κ2) is 9.88. The van der Waals surface area contributed by atoms with E-state index in [2.05, 4.69) is 149 Å². The van der Waals surface area contributed by atoms with Gasteiger partial charge in [0.2, 0.25) is 0 Å². The number of nitrogens with zero attached hydrogens (tertiary/aromatic N) is 3. The Balaban J connectivity index is 1.22. The van der Waals surface area contributed by atoms with Crippen LogP contribution in [0.4, 0.5) is 0 Å². The fourth-order valence-corrected chi connectivity index (χ4v) is 8.84. The largest absolute Gasteiger partial charge is 0.454 e. The normalized spacial score (nSPS) is 13.8. The minimum Gasteiger partial charge on any atom is -0.454 e. The van der Waals surface area contributed by atoms with E-state index in [1.54, 1.807) is 0 Å². The monoisotopic (exact) mass is 649 g/mol. The zero-order valence-corrected chi connectivity index (χ0v) is 27.4. The Kier molecular flexibility index (Phi) is 5.24. The number of furan rings is 1. The first-order chi connectivity index (χ1) is 25.3. The number of hydrogen-bond donors (Lipinski definition) is 0. The Labute approximate surface area is 292 Å². The number of rotatable bonds is 2. The van der Waals surface area contributed by atoms with Gasteiger partial charge in [-0.1, -0.05) is 103 Å². The summed E-state index contributed by atoms with van der Waals surface area (Å²) in [6.45, 7) is 0. The van der Waals surface area contributed by atoms with Crippen molar-refractivity contribution in [1.82, 2.24) is 8.97 Å². The third-order valence-corrected chi connectivity index (χ3v) is 11.0. The summed E-state index contributed by atoms with van der Waals surface area (Å²) in [7, 11) is 0. The van der Waals surface area contributed by atoms with E-state index in [1.165, 1.54) is 54.3 Å². The molecular weight excluding hydrogens is 623 g/mol. The number of allylic oxidation sites excluding steroid dienone is 1. The van der Waals surface area contributed by atoms with E-state index in [-0.39, 0.29) is 0 Å². The number of hydrogen-bond acceptors (Lipinski definition) is 2. The van der Waals surface area contributed by atoms with Crippen LogP contribution >= 0.6 is 0 Å². The van der Waals surface area contributed by atoms with Crippen LogP contribution in [0.5, 0.6) is 0 Å². The van der Waals surface area contributed by atoms with Crippen LogP contribution in [0.3, 0.4) is 0 Å². The maximum absolute atomic E-state index is 6.75. The molecule has 0 saturated carbocycles. The van der Waals surface area contributed by atoms with Crippen LogP contribution in [0.1, 0.15) is 23.3 Å². The smallest absolute Gasteiger partial charge is 0.157 e. The number of fused-ring (bicyclic) bond motifs is 14. The molecule has 7 aromatic carbocycles. The summed E-state index contributed by atoms with van der Waals surface area (Å²) in [5.41, 5.74) is 9.83. The quantitative estimate of drug-likeness (QED) is 0.184. The zero-order chi connectivity index (χ0) is 33.2. The van der Waals surface area contributed by atoms with Gasteiger partial charge in [-0.2, -0.15) is 0 Å². The van der Waals surface area contributed by atoms with E-state index in [1.807, 2.05) is 12.1 Å². The second-order valence-electron chi connectivity index (χ2n) is 13.6. The van der Waals surface area contributed by atoms with Crippen molar-refractivity contribution in [3.8, 4) is 0 Å². The van der Waals surface area contributed by atoms with Gasteiger partial charge < -0.3 is 8.82 Å². The standard InChI is InChI=1S/C47H27N3O/c1-2-13-29-26-30(25-24-28(29)12-1)45-47-33(32-15-6-10-22-41(32)51-47)18-11-23-42(48-45)49-38-20-8-4-16-34(38)43-40(49)27-36-31-14-3-7-19-37(31)50-39-21-9-5-17-35(39)44(43)46(36)50/h1-2,4-10,12-13,15-17,19-27H,11,18H2. The van der Waals surface area contributed by atoms with Crippen molar-refractivity contribution in [2.24, 2.45) is 4.99 Å². The van der Waals surface area contributed by atoms with Gasteiger partial charge in [-0.3, -0.25) is 4.57 Å². The lowest BCUT2D eigenvalue weighted by atomic mass is 9.97. The molecule has 0 spiro atoms. The van der Waals surface area contributed by atoms with E-state index < -0.39 is 0 Å². The number of aryl methyl sites for hydroxylation is 1. The third-order valence-electron chi connectivity index (χ3n) is 11.0. The minimum atomic E-state index is 0.828. The fourth-order valence-electron chi connectivity index (χ4n) is 8.84. The molecule has 0 saturated heterocycles. The highest BCUT2D eigenvalue weighted by Gasteiger charge is 2.27. The summed E-state index contributed by atoms with van der Waals surface area (Å²) in [6, 6.07) is 54.3. The molecule has 5 heterocycles. The van der Waals surface area contributed by atoms with E-state index in [0.717, 1.165) is 68.6 Å². The summed E-state index contributed by atoms with van der Waals surface area (Å²) in [4.78, 5) is 5.66. The van der Waals surface area contributed by atoms with E-state index in [4.69, 9.17) is 9.41 Å². The Bertz CT molecular complexity index is 3310. The Morgan fingerprint density at radius 1 is 0.627 bits per heavy atom. The lowest BCUT2D eigenvalue weighted by Gasteiger charge is -2.15. The van der Waals surface area contributed by atoms with Crippen LogP contribution in [0, 0.1) is 12.1 Å². The molecule has 0 N–H and O–H groups in total. The van der Waals surface area contributed by atoms with Gasteiger partial charge in [0.25, 0.3) is 0 Å². The van der Waals surface area contributed by atoms with Crippen LogP contribution in [-0.2, 0) is 6.42 Å². The van der Waals surface area contributed by atoms with Crippen LogP contribution in [0.15, 0.2) is 149 Å². The Hall–Kier alpha value is -6.83. The summed E-state index contributed by atoms with van der Waals surface area (Å²) >= 11 is 0. The SMILES string of the molecule is c1ccc2c(c#1)c1cc3c(c4ccccc4n3C3=CCCc4c(oc5ccccc45)C(c4ccc5ccccc5c4)=N3)c3c4ccccc4n2c13. The molecule has 51 heavy (non-hydrogen) atoms. The molecule has 12 rings (SSSR count). The number of aromatic nitrogens is 2. The molecule has 11 aromatic rings. The number of para-hydroxylation sites is 3. The Morgan fingerprint density at radius 3 is 2.29 bits per heavy atom. The van der Waals surface area contributed by atoms with Crippen LogP contribution in [-0.4, -0.2) is 14.7 Å². The molecular formula is C47H27N3O. The molecule has 0 radical (unpaired) electrons. The molecule has 0 atom stereocenters. The Morgan fingerprint density at radius 2 is 1.39 bits per heavy atom. The van der Waals surface area contributed by atoms with Crippen molar-refractivity contribution in [3.05, 3.63) is 169 Å². The van der Waals surface area contributed by atoms with Crippen LogP contribution in [0.2, 0.25) is 0 Å². The van der Waals surface area contributed by atoms with E-state index in [0.29, 0.717) is 0 Å². The molecule has 0 bridgehead atoms. The number of benzene rings is 6. The van der Waals surface area contributed by atoms with Gasteiger partial charge >= 0.3 is 0 Å². The second-order valence-corrected chi connectivity index (χ2v) is 13.6. The third kappa shape index (κ3) is 3.57. The molecule has 1 aliphatic rings. The van der Waals surface area contributed by atoms with Crippen molar-refractivity contribution in [1.29, 1.82) is 0 Å². The van der Waals surface area contributed by atoms with Crippen molar-refractivity contribution >= 4 is 93.2 Å². The highest BCUT2D eigenvalue weighted by Crippen LogP contribution is 2.46. The molecule has 1 aliphatic heterocycles. The summed E-state index contributed by atoms with van der Waals surface area (Å²) in [5, 5.41) is 10.8. The van der Waals surface area contributed by atoms with Crippen LogP contribution < -0.4 is 0 Å². The summed E-state index contributed by atoms with van der Waals surface area (Å²) in [6.07, 6.45) is 3.99. The average Bonchev–Trinajstić information content (AvgIpc) is 3.90. The topological polar surface area (TPSA) is 34.8 Å². The molecule has 0 amide bonds. The van der Waals surface area contributed by atoms with Crippen LogP contribution in [0.25, 0.3) is 87.5 Å². The first kappa shape index (κ1) is 27.0. The lowest BCUT2D eigenvalue weighted by molar-refractivity contribution is 0.599. The fraction of sp³-hybridized carbons (Fsp3) is 0.0426. The van der Waals surface area contributed by atoms with Crippen molar-refractivity contribution < 1.29 is 4.42 Å². The zero-order valence-electron chi connectivity index (χ0n) is 27.4. The maximum atomic E-state index is 6.75. The van der Waals surface area contributed by atoms with Crippen molar-refractivity contribution in [2.75, 3.05) is 0 Å². The van der Waals surface area contributed by atoms with Gasteiger partial charge in [0.1, 0.15) is 17.1 Å². The van der Waals surface area contributed by atoms with Gasteiger partial charge in [0, 0.05) is 43.4 Å². The molecule has 0 fully saturated rings. The molecule has 4 aromatic heterocycles. The molecule has 0 unspecified atom stereocenters. The highest BCUT2D eigenvalue weighted by molar-refractivity contribution is 6.35. The minimum absolute atomic E-state index is 0.828. The van der Waals surface area contributed by atoms with E-state index >= 15 is 0 Å². The predicted octanol–water partition coefficient (Wildman–Crippen LogP) is 11.7.